The van der Waals surface area contributed by atoms with E-state index in [-0.39, 0.29) is 11.9 Å². The zero-order valence-electron chi connectivity index (χ0n) is 10.7. The molecule has 1 aromatic rings. The fourth-order valence-corrected chi connectivity index (χ4v) is 2.56. The molecule has 1 saturated carbocycles. The third-order valence-electron chi connectivity index (χ3n) is 3.22. The highest BCUT2D eigenvalue weighted by Crippen LogP contribution is 2.31. The Morgan fingerprint density at radius 1 is 1.50 bits per heavy atom. The van der Waals surface area contributed by atoms with Gasteiger partial charge in [-0.15, -0.1) is 12.6 Å². The molecule has 0 radical (unpaired) electrons. The van der Waals surface area contributed by atoms with Gasteiger partial charge in [-0.25, -0.2) is 0 Å². The third kappa shape index (κ3) is 3.29. The van der Waals surface area contributed by atoms with Crippen LogP contribution in [0.2, 0.25) is 0 Å². The summed E-state index contributed by atoms with van der Waals surface area (Å²) in [5.74, 6) is 0.800. The minimum absolute atomic E-state index is 0.0969. The van der Waals surface area contributed by atoms with Crippen molar-refractivity contribution < 1.29 is 4.79 Å². The van der Waals surface area contributed by atoms with Crippen molar-refractivity contribution in [3.63, 3.8) is 0 Å². The zero-order valence-corrected chi connectivity index (χ0v) is 13.2. The molecule has 2 rings (SSSR count). The minimum atomic E-state index is 0.0969. The van der Waals surface area contributed by atoms with Crippen LogP contribution in [-0.2, 0) is 0 Å². The van der Waals surface area contributed by atoms with Crippen LogP contribution in [0.4, 0.5) is 0 Å². The zero-order chi connectivity index (χ0) is 13.3. The molecule has 0 unspecified atom stereocenters. The lowest BCUT2D eigenvalue weighted by Gasteiger charge is -2.27. The Labute approximate surface area is 122 Å². The lowest BCUT2D eigenvalue weighted by atomic mass is 10.1. The highest BCUT2D eigenvalue weighted by atomic mass is 79.9. The lowest BCUT2D eigenvalue weighted by Crippen LogP contribution is -2.38. The van der Waals surface area contributed by atoms with Crippen molar-refractivity contribution >= 4 is 34.5 Å². The van der Waals surface area contributed by atoms with E-state index < -0.39 is 0 Å². The van der Waals surface area contributed by atoms with E-state index in [0.29, 0.717) is 11.5 Å². The first-order chi connectivity index (χ1) is 8.49. The summed E-state index contributed by atoms with van der Waals surface area (Å²) in [6.07, 6.45) is 2.51. The van der Waals surface area contributed by atoms with Crippen LogP contribution in [0.5, 0.6) is 0 Å². The Hall–Kier alpha value is -0.480. The molecule has 1 aliphatic carbocycles. The van der Waals surface area contributed by atoms with Crippen molar-refractivity contribution in [2.45, 2.75) is 37.6 Å². The van der Waals surface area contributed by atoms with Crippen LogP contribution in [0.3, 0.4) is 0 Å². The molecule has 98 valence electrons. The highest BCUT2D eigenvalue weighted by molar-refractivity contribution is 9.10. The standard InChI is InChI=1S/C14H18BrNOS/c1-9(2)16(8-10-3-4-10)14(17)12-7-11(18)5-6-13(12)15/h5-7,9-10,18H,3-4,8H2,1-2H3. The predicted molar refractivity (Wildman–Crippen MR) is 80.3 cm³/mol. The van der Waals surface area contributed by atoms with Crippen LogP contribution in [0.25, 0.3) is 0 Å². The molecule has 0 aliphatic heterocycles. The van der Waals surface area contributed by atoms with Crippen LogP contribution in [-0.4, -0.2) is 23.4 Å². The Bertz CT molecular complexity index is 457. The maximum atomic E-state index is 12.6. The molecule has 1 amide bonds. The number of halogens is 1. The van der Waals surface area contributed by atoms with Crippen LogP contribution >= 0.6 is 28.6 Å². The van der Waals surface area contributed by atoms with Crippen molar-refractivity contribution in [1.29, 1.82) is 0 Å². The van der Waals surface area contributed by atoms with Crippen molar-refractivity contribution in [3.8, 4) is 0 Å². The normalized spacial score (nSPS) is 14.9. The van der Waals surface area contributed by atoms with Gasteiger partial charge in [-0.05, 0) is 66.7 Å². The number of benzene rings is 1. The molecule has 0 saturated heterocycles. The van der Waals surface area contributed by atoms with Gasteiger partial charge in [-0.1, -0.05) is 0 Å². The summed E-state index contributed by atoms with van der Waals surface area (Å²) in [5, 5.41) is 0. The van der Waals surface area contributed by atoms with Gasteiger partial charge in [-0.3, -0.25) is 4.79 Å². The number of nitrogens with zero attached hydrogens (tertiary/aromatic N) is 1. The number of rotatable bonds is 4. The van der Waals surface area contributed by atoms with E-state index in [1.165, 1.54) is 12.8 Å². The maximum Gasteiger partial charge on any atom is 0.255 e. The highest BCUT2D eigenvalue weighted by Gasteiger charge is 2.29. The summed E-state index contributed by atoms with van der Waals surface area (Å²) in [4.78, 5) is 15.4. The molecular formula is C14H18BrNOS. The van der Waals surface area contributed by atoms with Crippen molar-refractivity contribution in [2.24, 2.45) is 5.92 Å². The molecule has 0 spiro atoms. The van der Waals surface area contributed by atoms with E-state index in [1.54, 1.807) is 0 Å². The van der Waals surface area contributed by atoms with Crippen LogP contribution < -0.4 is 0 Å². The third-order valence-corrected chi connectivity index (χ3v) is 4.19. The van der Waals surface area contributed by atoms with E-state index in [1.807, 2.05) is 23.1 Å². The fourth-order valence-electron chi connectivity index (χ4n) is 1.94. The van der Waals surface area contributed by atoms with Crippen molar-refractivity contribution in [1.82, 2.24) is 4.90 Å². The minimum Gasteiger partial charge on any atom is -0.336 e. The molecule has 1 aromatic carbocycles. The van der Waals surface area contributed by atoms with E-state index in [4.69, 9.17) is 0 Å². The SMILES string of the molecule is CC(C)N(CC1CC1)C(=O)c1cc(S)ccc1Br. The van der Waals surface area contributed by atoms with Gasteiger partial charge in [0.1, 0.15) is 0 Å². The predicted octanol–water partition coefficient (Wildman–Crippen LogP) is 4.00. The molecule has 0 N–H and O–H groups in total. The van der Waals surface area contributed by atoms with Crippen LogP contribution in [0.15, 0.2) is 27.6 Å². The summed E-state index contributed by atoms with van der Waals surface area (Å²) in [6, 6.07) is 5.82. The van der Waals surface area contributed by atoms with Gasteiger partial charge in [0.15, 0.2) is 0 Å². The number of hydrogen-bond donors (Lipinski definition) is 1. The second-order valence-electron chi connectivity index (χ2n) is 5.16. The molecule has 0 atom stereocenters. The Morgan fingerprint density at radius 2 is 2.17 bits per heavy atom. The topological polar surface area (TPSA) is 20.3 Å². The molecule has 0 heterocycles. The Morgan fingerprint density at radius 3 is 2.72 bits per heavy atom. The summed E-state index contributed by atoms with van der Waals surface area (Å²) in [6.45, 7) is 5.01. The van der Waals surface area contributed by atoms with Gasteiger partial charge in [0.05, 0.1) is 5.56 Å². The van der Waals surface area contributed by atoms with Crippen LogP contribution in [0.1, 0.15) is 37.0 Å². The lowest BCUT2D eigenvalue weighted by molar-refractivity contribution is 0.0695. The van der Waals surface area contributed by atoms with Gasteiger partial charge in [-0.2, -0.15) is 0 Å². The van der Waals surface area contributed by atoms with E-state index in [9.17, 15) is 4.79 Å². The van der Waals surface area contributed by atoms with Gasteiger partial charge in [0, 0.05) is 22.0 Å². The van der Waals surface area contributed by atoms with Gasteiger partial charge >= 0.3 is 0 Å². The summed E-state index contributed by atoms with van der Waals surface area (Å²) < 4.78 is 0.840. The largest absolute Gasteiger partial charge is 0.336 e. The van der Waals surface area contributed by atoms with Crippen LogP contribution in [0, 0.1) is 5.92 Å². The number of thiol groups is 1. The molecule has 4 heteroatoms. The second kappa shape index (κ2) is 5.66. The van der Waals surface area contributed by atoms with Crippen molar-refractivity contribution in [2.75, 3.05) is 6.54 Å². The second-order valence-corrected chi connectivity index (χ2v) is 6.53. The van der Waals surface area contributed by atoms with E-state index in [0.717, 1.165) is 15.9 Å². The summed E-state index contributed by atoms with van der Waals surface area (Å²) in [7, 11) is 0. The first kappa shape index (κ1) is 13.9. The van der Waals surface area contributed by atoms with E-state index in [2.05, 4.69) is 42.4 Å². The van der Waals surface area contributed by atoms with Gasteiger partial charge in [0.25, 0.3) is 5.91 Å². The Kier molecular flexibility index (Phi) is 4.38. The molecule has 1 aliphatic rings. The average Bonchev–Trinajstić information content (AvgIpc) is 3.12. The monoisotopic (exact) mass is 327 g/mol. The number of amides is 1. The number of carbonyl (C=O) groups excluding carboxylic acids is 1. The van der Waals surface area contributed by atoms with E-state index >= 15 is 0 Å². The summed E-state index contributed by atoms with van der Waals surface area (Å²) in [5.41, 5.74) is 0.705. The Balaban J connectivity index is 2.23. The molecule has 0 bridgehead atoms. The molecular weight excluding hydrogens is 310 g/mol. The quantitative estimate of drug-likeness (QED) is 0.829. The van der Waals surface area contributed by atoms with Gasteiger partial charge < -0.3 is 4.90 Å². The molecule has 18 heavy (non-hydrogen) atoms. The molecule has 1 fully saturated rings. The fraction of sp³-hybridized carbons (Fsp3) is 0.500. The summed E-state index contributed by atoms with van der Waals surface area (Å²) >= 11 is 7.76. The van der Waals surface area contributed by atoms with Crippen molar-refractivity contribution in [3.05, 3.63) is 28.2 Å². The maximum absolute atomic E-state index is 12.6. The average molecular weight is 328 g/mol. The molecule has 0 aromatic heterocycles. The smallest absolute Gasteiger partial charge is 0.255 e. The molecule has 2 nitrogen and oxygen atoms in total. The van der Waals surface area contributed by atoms with Gasteiger partial charge in [0.2, 0.25) is 0 Å². The first-order valence-corrected chi connectivity index (χ1v) is 7.52. The number of hydrogen-bond acceptors (Lipinski definition) is 2. The number of carbonyl (C=O) groups is 1. The first-order valence-electron chi connectivity index (χ1n) is 6.28.